The van der Waals surface area contributed by atoms with Gasteiger partial charge in [-0.05, 0) is 50.2 Å². The molecule has 0 radical (unpaired) electrons. The number of amides is 2. The lowest BCUT2D eigenvalue weighted by Gasteiger charge is -2.36. The second-order valence-electron chi connectivity index (χ2n) is 6.47. The minimum absolute atomic E-state index is 0.234. The number of methoxy groups -OCH3 is 1. The number of hydrogen-bond donors (Lipinski definition) is 3. The molecule has 28 heavy (non-hydrogen) atoms. The van der Waals surface area contributed by atoms with E-state index in [4.69, 9.17) is 17.0 Å². The number of esters is 1. The lowest BCUT2D eigenvalue weighted by atomic mass is 9.95. The van der Waals surface area contributed by atoms with Crippen LogP contribution in [0.25, 0.3) is 0 Å². The molecule has 0 bridgehead atoms. The number of unbranched alkanes of at least 4 members (excludes halogenated alkanes) is 1. The van der Waals surface area contributed by atoms with Gasteiger partial charge in [-0.2, -0.15) is 0 Å². The number of urea groups is 1. The second-order valence-corrected chi connectivity index (χ2v) is 6.86. The van der Waals surface area contributed by atoms with Crippen LogP contribution in [0.1, 0.15) is 45.2 Å². The van der Waals surface area contributed by atoms with E-state index >= 15 is 0 Å². The summed E-state index contributed by atoms with van der Waals surface area (Å²) in [7, 11) is 1.37. The molecule has 2 rings (SSSR count). The van der Waals surface area contributed by atoms with Crippen molar-refractivity contribution in [2.75, 3.05) is 25.5 Å². The number of allylic oxidation sites excluding steroid dienone is 1. The minimum atomic E-state index is -0.407. The van der Waals surface area contributed by atoms with Crippen molar-refractivity contribution in [3.05, 3.63) is 41.1 Å². The van der Waals surface area contributed by atoms with E-state index in [9.17, 15) is 9.59 Å². The Morgan fingerprint density at radius 3 is 2.50 bits per heavy atom. The fourth-order valence-corrected chi connectivity index (χ4v) is 3.48. The summed E-state index contributed by atoms with van der Waals surface area (Å²) >= 11 is 5.45. The van der Waals surface area contributed by atoms with Gasteiger partial charge in [0.1, 0.15) is 0 Å². The zero-order chi connectivity index (χ0) is 20.7. The normalized spacial score (nSPS) is 16.5. The van der Waals surface area contributed by atoms with Crippen molar-refractivity contribution in [2.24, 2.45) is 0 Å². The van der Waals surface area contributed by atoms with Crippen molar-refractivity contribution >= 4 is 35.0 Å². The molecule has 0 saturated carbocycles. The topological polar surface area (TPSA) is 82.7 Å². The van der Waals surface area contributed by atoms with Crippen LogP contribution in [-0.2, 0) is 9.53 Å². The molecular formula is C20H28N4O3S. The smallest absolute Gasteiger partial charge is 0.337 e. The second kappa shape index (κ2) is 10.1. The number of nitrogens with one attached hydrogen (secondary N) is 3. The van der Waals surface area contributed by atoms with Gasteiger partial charge >= 0.3 is 12.0 Å². The molecular weight excluding hydrogens is 376 g/mol. The first-order valence-electron chi connectivity index (χ1n) is 9.44. The summed E-state index contributed by atoms with van der Waals surface area (Å²) in [5.74, 6) is -0.395. The number of hydrogen-bond acceptors (Lipinski definition) is 4. The van der Waals surface area contributed by atoms with Gasteiger partial charge in [0.15, 0.2) is 5.11 Å². The molecule has 8 heteroatoms. The van der Waals surface area contributed by atoms with Crippen molar-refractivity contribution in [1.29, 1.82) is 0 Å². The predicted octanol–water partition coefficient (Wildman–Crippen LogP) is 3.31. The Labute approximate surface area is 171 Å². The Balaban J connectivity index is 2.21. The average molecular weight is 405 g/mol. The van der Waals surface area contributed by atoms with Crippen LogP contribution in [-0.4, -0.2) is 42.2 Å². The van der Waals surface area contributed by atoms with Crippen molar-refractivity contribution in [3.8, 4) is 0 Å². The highest BCUT2D eigenvalue weighted by atomic mass is 32.1. The third kappa shape index (κ3) is 5.01. The van der Waals surface area contributed by atoms with E-state index in [0.717, 1.165) is 24.1 Å². The highest BCUT2D eigenvalue weighted by Gasteiger charge is 2.33. The first-order valence-corrected chi connectivity index (χ1v) is 9.85. The molecule has 1 aromatic carbocycles. The average Bonchev–Trinajstić information content (AvgIpc) is 2.68. The summed E-state index contributed by atoms with van der Waals surface area (Å²) in [6.07, 6.45) is 1.96. The molecule has 0 aromatic heterocycles. The van der Waals surface area contributed by atoms with E-state index in [2.05, 4.69) is 22.9 Å². The predicted molar refractivity (Wildman–Crippen MR) is 114 cm³/mol. The number of carbonyl (C=O) groups excluding carboxylic acids is 2. The fraction of sp³-hybridized carbons (Fsp3) is 0.450. The van der Waals surface area contributed by atoms with Gasteiger partial charge in [-0.3, -0.25) is 0 Å². The molecule has 0 saturated heterocycles. The number of nitrogens with zero attached hydrogens (tertiary/aromatic N) is 1. The van der Waals surface area contributed by atoms with Crippen LogP contribution < -0.4 is 16.0 Å². The molecule has 1 atom stereocenters. The Bertz CT molecular complexity index is 761. The summed E-state index contributed by atoms with van der Waals surface area (Å²) in [4.78, 5) is 26.2. The van der Waals surface area contributed by atoms with E-state index < -0.39 is 12.0 Å². The van der Waals surface area contributed by atoms with Crippen LogP contribution >= 0.6 is 12.2 Å². The highest BCUT2D eigenvalue weighted by Crippen LogP contribution is 2.31. The first kappa shape index (κ1) is 21.7. The van der Waals surface area contributed by atoms with Gasteiger partial charge in [0.05, 0.1) is 18.7 Å². The summed E-state index contributed by atoms with van der Waals surface area (Å²) in [5.41, 5.74) is 2.83. The minimum Gasteiger partial charge on any atom is -0.466 e. The number of benzene rings is 1. The van der Waals surface area contributed by atoms with E-state index in [1.165, 1.54) is 7.11 Å². The number of thiocarbonyl (C=S) groups is 1. The summed E-state index contributed by atoms with van der Waals surface area (Å²) in [5, 5.41) is 9.40. The van der Waals surface area contributed by atoms with Crippen LogP contribution in [0.15, 0.2) is 35.5 Å². The summed E-state index contributed by atoms with van der Waals surface area (Å²) in [6, 6.07) is 6.68. The van der Waals surface area contributed by atoms with Crippen LogP contribution in [0.4, 0.5) is 10.5 Å². The SMILES string of the molecule is CCCCNC(=O)Nc1ccc([C@@H]2NC(=S)N(CC)C(C)=C2C(=O)OC)cc1. The zero-order valence-corrected chi connectivity index (χ0v) is 17.6. The van der Waals surface area contributed by atoms with Crippen molar-refractivity contribution < 1.29 is 14.3 Å². The Morgan fingerprint density at radius 2 is 1.93 bits per heavy atom. The fourth-order valence-electron chi connectivity index (χ4n) is 3.10. The quantitative estimate of drug-likeness (QED) is 0.367. The van der Waals surface area contributed by atoms with Gasteiger partial charge in [0.25, 0.3) is 0 Å². The van der Waals surface area contributed by atoms with Crippen LogP contribution in [0, 0.1) is 0 Å². The summed E-state index contributed by atoms with van der Waals surface area (Å²) < 4.78 is 4.99. The monoisotopic (exact) mass is 404 g/mol. The molecule has 0 spiro atoms. The molecule has 1 heterocycles. The number of carbonyl (C=O) groups is 2. The number of anilines is 1. The molecule has 1 aliphatic heterocycles. The Kier molecular flexibility index (Phi) is 7.80. The van der Waals surface area contributed by atoms with E-state index in [1.54, 1.807) is 12.1 Å². The third-order valence-electron chi connectivity index (χ3n) is 4.64. The molecule has 0 aliphatic carbocycles. The van der Waals surface area contributed by atoms with E-state index in [1.807, 2.05) is 30.9 Å². The molecule has 0 unspecified atom stereocenters. The Morgan fingerprint density at radius 1 is 1.25 bits per heavy atom. The van der Waals surface area contributed by atoms with Crippen LogP contribution in [0.2, 0.25) is 0 Å². The maximum atomic E-state index is 12.4. The zero-order valence-electron chi connectivity index (χ0n) is 16.8. The first-order chi connectivity index (χ1) is 13.4. The molecule has 152 valence electrons. The molecule has 0 fully saturated rings. The van der Waals surface area contributed by atoms with Gasteiger partial charge in [-0.25, -0.2) is 9.59 Å². The maximum Gasteiger partial charge on any atom is 0.337 e. The van der Waals surface area contributed by atoms with Gasteiger partial charge in [-0.15, -0.1) is 0 Å². The standard InChI is InChI=1S/C20H28N4O3S/c1-5-7-12-21-19(26)22-15-10-8-14(9-11-15)17-16(18(25)27-4)13(3)24(6-2)20(28)23-17/h8-11,17H,5-7,12H2,1-4H3,(H,23,28)(H2,21,22,26)/t17-/m0/s1. The molecule has 1 aromatic rings. The maximum absolute atomic E-state index is 12.4. The summed E-state index contributed by atoms with van der Waals surface area (Å²) in [6.45, 7) is 7.21. The van der Waals surface area contributed by atoms with Gasteiger partial charge in [0, 0.05) is 24.5 Å². The lowest BCUT2D eigenvalue weighted by molar-refractivity contribution is -0.136. The van der Waals surface area contributed by atoms with Crippen LogP contribution in [0.5, 0.6) is 0 Å². The molecule has 1 aliphatic rings. The van der Waals surface area contributed by atoms with Crippen molar-refractivity contribution in [1.82, 2.24) is 15.5 Å². The lowest BCUT2D eigenvalue weighted by Crippen LogP contribution is -2.47. The van der Waals surface area contributed by atoms with Gasteiger partial charge < -0.3 is 25.6 Å². The van der Waals surface area contributed by atoms with E-state index in [-0.39, 0.29) is 6.03 Å². The van der Waals surface area contributed by atoms with E-state index in [0.29, 0.717) is 29.5 Å². The van der Waals surface area contributed by atoms with Crippen molar-refractivity contribution in [2.45, 2.75) is 39.7 Å². The highest BCUT2D eigenvalue weighted by molar-refractivity contribution is 7.80. The largest absolute Gasteiger partial charge is 0.466 e. The molecule has 3 N–H and O–H groups in total. The van der Waals surface area contributed by atoms with Gasteiger partial charge in [-0.1, -0.05) is 25.5 Å². The molecule has 2 amide bonds. The molecule has 7 nitrogen and oxygen atoms in total. The van der Waals surface area contributed by atoms with Gasteiger partial charge in [0.2, 0.25) is 0 Å². The number of ether oxygens (including phenoxy) is 1. The third-order valence-corrected chi connectivity index (χ3v) is 4.97. The van der Waals surface area contributed by atoms with Crippen LogP contribution in [0.3, 0.4) is 0 Å². The Hall–Kier alpha value is -2.61. The number of rotatable bonds is 7. The van der Waals surface area contributed by atoms with Crippen molar-refractivity contribution in [3.63, 3.8) is 0 Å².